The number of imidazole rings is 1. The minimum absolute atomic E-state index is 0.708. The number of aromatic nitrogens is 3. The lowest BCUT2D eigenvalue weighted by Gasteiger charge is -2.11. The van der Waals surface area contributed by atoms with E-state index in [2.05, 4.69) is 28.5 Å². The summed E-state index contributed by atoms with van der Waals surface area (Å²) in [6, 6.07) is 3.96. The van der Waals surface area contributed by atoms with Crippen LogP contribution in [0.4, 0.5) is 0 Å². The van der Waals surface area contributed by atoms with Crippen molar-refractivity contribution in [1.82, 2.24) is 19.4 Å². The van der Waals surface area contributed by atoms with Crippen LogP contribution in [0.1, 0.15) is 19.2 Å². The predicted molar refractivity (Wildman–Crippen MR) is 80.9 cm³/mol. The van der Waals surface area contributed by atoms with Crippen LogP contribution in [0, 0.1) is 0 Å². The summed E-state index contributed by atoms with van der Waals surface area (Å²) in [6.45, 7) is 5.36. The van der Waals surface area contributed by atoms with Crippen LogP contribution in [0.15, 0.2) is 18.3 Å². The lowest BCUT2D eigenvalue weighted by atomic mass is 10.3. The van der Waals surface area contributed by atoms with Crippen LogP contribution in [0.25, 0.3) is 11.2 Å². The molecule has 0 bridgehead atoms. The van der Waals surface area contributed by atoms with E-state index >= 15 is 0 Å². The van der Waals surface area contributed by atoms with Crippen molar-refractivity contribution in [1.29, 1.82) is 0 Å². The van der Waals surface area contributed by atoms with Gasteiger partial charge >= 0.3 is 0 Å². The fourth-order valence-electron chi connectivity index (χ4n) is 2.28. The Balaban J connectivity index is 2.15. The van der Waals surface area contributed by atoms with Crippen molar-refractivity contribution in [2.24, 2.45) is 0 Å². The van der Waals surface area contributed by atoms with E-state index in [1.54, 1.807) is 0 Å². The van der Waals surface area contributed by atoms with Gasteiger partial charge in [0.2, 0.25) is 0 Å². The van der Waals surface area contributed by atoms with E-state index in [1.165, 1.54) is 0 Å². The maximum Gasteiger partial charge on any atom is 0.160 e. The fourth-order valence-corrected chi connectivity index (χ4v) is 2.28. The first-order chi connectivity index (χ1) is 9.72. The molecule has 0 saturated heterocycles. The number of nitrogens with zero attached hydrogens (tertiary/aromatic N) is 4. The highest BCUT2D eigenvalue weighted by atomic mass is 16.5. The van der Waals surface area contributed by atoms with Gasteiger partial charge in [-0.3, -0.25) is 0 Å². The third kappa shape index (κ3) is 3.77. The van der Waals surface area contributed by atoms with Gasteiger partial charge in [0.05, 0.1) is 6.61 Å². The largest absolute Gasteiger partial charge is 0.380 e. The SMILES string of the molecule is CCOCCn1c(CCCN(C)C)nc2cccnc21. The van der Waals surface area contributed by atoms with E-state index in [1.807, 2.05) is 25.3 Å². The number of pyridine rings is 1. The van der Waals surface area contributed by atoms with Gasteiger partial charge in [0, 0.05) is 25.8 Å². The van der Waals surface area contributed by atoms with Crippen molar-refractivity contribution in [3.63, 3.8) is 0 Å². The highest BCUT2D eigenvalue weighted by molar-refractivity contribution is 5.71. The van der Waals surface area contributed by atoms with Crippen LogP contribution in [0.2, 0.25) is 0 Å². The van der Waals surface area contributed by atoms with E-state index in [4.69, 9.17) is 9.72 Å². The molecule has 0 aliphatic carbocycles. The van der Waals surface area contributed by atoms with Crippen LogP contribution < -0.4 is 0 Å². The summed E-state index contributed by atoms with van der Waals surface area (Å²) in [4.78, 5) is 11.4. The molecule has 5 nitrogen and oxygen atoms in total. The van der Waals surface area contributed by atoms with Crippen molar-refractivity contribution in [2.45, 2.75) is 26.3 Å². The molecule has 2 rings (SSSR count). The molecule has 0 fully saturated rings. The Morgan fingerprint density at radius 1 is 1.35 bits per heavy atom. The van der Waals surface area contributed by atoms with Gasteiger partial charge in [0.25, 0.3) is 0 Å². The molecule has 110 valence electrons. The molecule has 0 amide bonds. The lowest BCUT2D eigenvalue weighted by Crippen LogP contribution is -2.15. The van der Waals surface area contributed by atoms with Gasteiger partial charge in [-0.1, -0.05) is 0 Å². The van der Waals surface area contributed by atoms with Crippen molar-refractivity contribution in [2.75, 3.05) is 33.9 Å². The van der Waals surface area contributed by atoms with Crippen LogP contribution in [0.5, 0.6) is 0 Å². The van der Waals surface area contributed by atoms with E-state index in [0.717, 1.165) is 49.5 Å². The summed E-state index contributed by atoms with van der Waals surface area (Å²) >= 11 is 0. The molecule has 0 aliphatic heterocycles. The molecule has 20 heavy (non-hydrogen) atoms. The molecule has 0 saturated carbocycles. The quantitative estimate of drug-likeness (QED) is 0.691. The number of fused-ring (bicyclic) bond motifs is 1. The molecule has 0 aromatic carbocycles. The zero-order valence-electron chi connectivity index (χ0n) is 12.7. The first kappa shape index (κ1) is 14.9. The molecule has 0 spiro atoms. The number of hydrogen-bond donors (Lipinski definition) is 0. The zero-order chi connectivity index (χ0) is 14.4. The Kier molecular flexibility index (Phi) is 5.49. The molecule has 0 radical (unpaired) electrons. The Morgan fingerprint density at radius 2 is 2.20 bits per heavy atom. The molecule has 0 N–H and O–H groups in total. The molecular formula is C15H24N4O. The number of ether oxygens (including phenoxy) is 1. The first-order valence-corrected chi connectivity index (χ1v) is 7.25. The van der Waals surface area contributed by atoms with Gasteiger partial charge in [-0.25, -0.2) is 9.97 Å². The molecule has 0 aliphatic rings. The third-order valence-electron chi connectivity index (χ3n) is 3.25. The van der Waals surface area contributed by atoms with Crippen molar-refractivity contribution >= 4 is 11.2 Å². The molecule has 0 atom stereocenters. The highest BCUT2D eigenvalue weighted by Crippen LogP contribution is 2.15. The topological polar surface area (TPSA) is 43.2 Å². The van der Waals surface area contributed by atoms with Gasteiger partial charge in [0.15, 0.2) is 5.65 Å². The maximum atomic E-state index is 5.47. The van der Waals surface area contributed by atoms with Crippen LogP contribution in [-0.2, 0) is 17.7 Å². The molecule has 2 heterocycles. The highest BCUT2D eigenvalue weighted by Gasteiger charge is 2.11. The van der Waals surface area contributed by atoms with Crippen molar-refractivity contribution in [3.8, 4) is 0 Å². The summed E-state index contributed by atoms with van der Waals surface area (Å²) in [5.74, 6) is 1.11. The summed E-state index contributed by atoms with van der Waals surface area (Å²) in [5.41, 5.74) is 1.94. The van der Waals surface area contributed by atoms with Crippen LogP contribution in [0.3, 0.4) is 0 Å². The van der Waals surface area contributed by atoms with E-state index in [-0.39, 0.29) is 0 Å². The fraction of sp³-hybridized carbons (Fsp3) is 0.600. The molecule has 0 unspecified atom stereocenters. The second kappa shape index (κ2) is 7.36. The monoisotopic (exact) mass is 276 g/mol. The number of aryl methyl sites for hydroxylation is 1. The first-order valence-electron chi connectivity index (χ1n) is 7.25. The van der Waals surface area contributed by atoms with Crippen molar-refractivity contribution < 1.29 is 4.74 Å². The summed E-state index contributed by atoms with van der Waals surface area (Å²) in [6.07, 6.45) is 3.90. The lowest BCUT2D eigenvalue weighted by molar-refractivity contribution is 0.139. The van der Waals surface area contributed by atoms with E-state index < -0.39 is 0 Å². The van der Waals surface area contributed by atoms with Gasteiger partial charge in [-0.05, 0) is 46.1 Å². The average molecular weight is 276 g/mol. The van der Waals surface area contributed by atoms with Crippen molar-refractivity contribution in [3.05, 3.63) is 24.2 Å². The number of hydrogen-bond acceptors (Lipinski definition) is 4. The third-order valence-corrected chi connectivity index (χ3v) is 3.25. The summed E-state index contributed by atoms with van der Waals surface area (Å²) in [7, 11) is 4.19. The summed E-state index contributed by atoms with van der Waals surface area (Å²) in [5, 5.41) is 0. The molecule has 2 aromatic heterocycles. The molecular weight excluding hydrogens is 252 g/mol. The van der Waals surface area contributed by atoms with Gasteiger partial charge in [-0.2, -0.15) is 0 Å². The van der Waals surface area contributed by atoms with Gasteiger partial charge in [-0.15, -0.1) is 0 Å². The van der Waals surface area contributed by atoms with E-state index in [0.29, 0.717) is 6.61 Å². The smallest absolute Gasteiger partial charge is 0.160 e. The Bertz CT molecular complexity index is 536. The second-order valence-electron chi connectivity index (χ2n) is 5.13. The second-order valence-corrected chi connectivity index (χ2v) is 5.13. The van der Waals surface area contributed by atoms with E-state index in [9.17, 15) is 0 Å². The standard InChI is InChI=1S/C15H24N4O/c1-4-20-12-11-19-14(8-6-10-18(2)3)17-13-7-5-9-16-15(13)19/h5,7,9H,4,6,8,10-12H2,1-3H3. The maximum absolute atomic E-state index is 5.47. The summed E-state index contributed by atoms with van der Waals surface area (Å²) < 4.78 is 7.66. The van der Waals surface area contributed by atoms with Crippen LogP contribution in [-0.4, -0.2) is 53.3 Å². The Morgan fingerprint density at radius 3 is 2.95 bits per heavy atom. The van der Waals surface area contributed by atoms with Crippen LogP contribution >= 0.6 is 0 Å². The van der Waals surface area contributed by atoms with Gasteiger partial charge in [0.1, 0.15) is 11.3 Å². The minimum Gasteiger partial charge on any atom is -0.380 e. The minimum atomic E-state index is 0.708. The molecule has 2 aromatic rings. The average Bonchev–Trinajstić information content (AvgIpc) is 2.77. The van der Waals surface area contributed by atoms with Gasteiger partial charge < -0.3 is 14.2 Å². The zero-order valence-corrected chi connectivity index (χ0v) is 12.7. The normalized spacial score (nSPS) is 11.6. The Labute approximate surface area is 120 Å². The number of rotatable bonds is 8. The predicted octanol–water partition coefficient (Wildman–Crippen LogP) is 1.96. The molecule has 5 heteroatoms. The Hall–Kier alpha value is -1.46.